The minimum absolute atomic E-state index is 0.111. The number of aromatic nitrogens is 2. The van der Waals surface area contributed by atoms with Crippen LogP contribution in [0.3, 0.4) is 0 Å². The first-order chi connectivity index (χ1) is 20.4. The van der Waals surface area contributed by atoms with Crippen molar-refractivity contribution in [3.05, 3.63) is 129 Å². The molecule has 0 aliphatic carbocycles. The van der Waals surface area contributed by atoms with Crippen molar-refractivity contribution in [3.8, 4) is 28.5 Å². The van der Waals surface area contributed by atoms with Crippen molar-refractivity contribution in [2.24, 2.45) is 0 Å². The highest BCUT2D eigenvalue weighted by atomic mass is 35.5. The van der Waals surface area contributed by atoms with Crippen molar-refractivity contribution in [2.75, 3.05) is 7.11 Å². The number of carbonyl (C=O) groups excluding carboxylic acids is 1. The number of aromatic amines is 1. The number of carbonyl (C=O) groups is 1. The first kappa shape index (κ1) is 27.4. The maximum absolute atomic E-state index is 13.9. The van der Waals surface area contributed by atoms with E-state index in [1.165, 1.54) is 0 Å². The van der Waals surface area contributed by atoms with Gasteiger partial charge < -0.3 is 19.5 Å². The lowest BCUT2D eigenvalue weighted by Gasteiger charge is -2.27. The molecule has 0 saturated heterocycles. The highest BCUT2D eigenvalue weighted by Crippen LogP contribution is 2.47. The Hall–Kier alpha value is -4.75. The average molecular weight is 580 g/mol. The largest absolute Gasteiger partial charge is 0.507 e. The van der Waals surface area contributed by atoms with Crippen LogP contribution in [0.4, 0.5) is 0 Å². The molecule has 7 nitrogen and oxygen atoms in total. The number of halogens is 1. The molecule has 5 aromatic rings. The van der Waals surface area contributed by atoms with Crippen molar-refractivity contribution >= 4 is 17.5 Å². The molecule has 0 bridgehead atoms. The lowest BCUT2D eigenvalue weighted by Crippen LogP contribution is -2.29. The maximum atomic E-state index is 13.9. The van der Waals surface area contributed by atoms with E-state index in [9.17, 15) is 9.90 Å². The number of rotatable bonds is 8. The zero-order valence-electron chi connectivity index (χ0n) is 23.5. The topological polar surface area (TPSA) is 87.7 Å². The number of phenols is 1. The molecule has 1 aromatic heterocycles. The Morgan fingerprint density at radius 3 is 2.48 bits per heavy atom. The third-order valence-corrected chi connectivity index (χ3v) is 7.97. The summed E-state index contributed by atoms with van der Waals surface area (Å²) in [7, 11) is 1.60. The number of ether oxygens (including phenoxy) is 2. The SMILES string of the molecule is COc1cc(C2c3c(-c4c(C)cc(C)cc4O)n[nH]c3C(=O)N2Cc2ccccc2Cl)ccc1OCc1ccccc1. The fourth-order valence-corrected chi connectivity index (χ4v) is 5.86. The summed E-state index contributed by atoms with van der Waals surface area (Å²) in [4.78, 5) is 15.7. The molecule has 1 atom stereocenters. The summed E-state index contributed by atoms with van der Waals surface area (Å²) in [5.41, 5.74) is 6.65. The van der Waals surface area contributed by atoms with E-state index >= 15 is 0 Å². The van der Waals surface area contributed by atoms with E-state index in [0.29, 0.717) is 45.6 Å². The molecule has 1 unspecified atom stereocenters. The quantitative estimate of drug-likeness (QED) is 0.200. The van der Waals surface area contributed by atoms with Gasteiger partial charge in [-0.1, -0.05) is 72.3 Å². The van der Waals surface area contributed by atoms with Crippen molar-refractivity contribution in [3.63, 3.8) is 0 Å². The van der Waals surface area contributed by atoms with Gasteiger partial charge in [0.25, 0.3) is 5.91 Å². The molecule has 1 aliphatic heterocycles. The number of phenolic OH excluding ortho intramolecular Hbond substituents is 1. The number of hydrogen-bond donors (Lipinski definition) is 2. The highest BCUT2D eigenvalue weighted by Gasteiger charge is 2.43. The van der Waals surface area contributed by atoms with Gasteiger partial charge in [0.05, 0.1) is 13.2 Å². The Balaban J connectivity index is 1.46. The van der Waals surface area contributed by atoms with Crippen LogP contribution in [0, 0.1) is 13.8 Å². The minimum Gasteiger partial charge on any atom is -0.507 e. The first-order valence-corrected chi connectivity index (χ1v) is 14.0. The van der Waals surface area contributed by atoms with E-state index in [2.05, 4.69) is 10.2 Å². The molecule has 0 fully saturated rings. The molecule has 4 aromatic carbocycles. The van der Waals surface area contributed by atoms with E-state index in [1.807, 2.05) is 92.7 Å². The molecule has 212 valence electrons. The average Bonchev–Trinajstić information content (AvgIpc) is 3.51. The molecule has 42 heavy (non-hydrogen) atoms. The van der Waals surface area contributed by atoms with E-state index < -0.39 is 6.04 Å². The second-order valence-electron chi connectivity index (χ2n) is 10.4. The second kappa shape index (κ2) is 11.3. The van der Waals surface area contributed by atoms with Crippen LogP contribution >= 0.6 is 11.6 Å². The van der Waals surface area contributed by atoms with Gasteiger partial charge in [-0.05, 0) is 65.9 Å². The van der Waals surface area contributed by atoms with Gasteiger partial charge in [-0.15, -0.1) is 0 Å². The maximum Gasteiger partial charge on any atom is 0.273 e. The molecule has 0 saturated carbocycles. The Kier molecular flexibility index (Phi) is 7.35. The van der Waals surface area contributed by atoms with Gasteiger partial charge in [-0.3, -0.25) is 9.89 Å². The Labute approximate surface area is 249 Å². The Morgan fingerprint density at radius 2 is 1.74 bits per heavy atom. The number of methoxy groups -OCH3 is 1. The summed E-state index contributed by atoms with van der Waals surface area (Å²) in [5, 5.41) is 19.1. The van der Waals surface area contributed by atoms with Gasteiger partial charge in [0, 0.05) is 22.7 Å². The van der Waals surface area contributed by atoms with Crippen LogP contribution < -0.4 is 9.47 Å². The van der Waals surface area contributed by atoms with Crippen LogP contribution in [0.15, 0.2) is 84.9 Å². The van der Waals surface area contributed by atoms with E-state index in [1.54, 1.807) is 18.1 Å². The molecular weight excluding hydrogens is 550 g/mol. The van der Waals surface area contributed by atoms with Gasteiger partial charge in [0.2, 0.25) is 0 Å². The Morgan fingerprint density at radius 1 is 0.976 bits per heavy atom. The number of aryl methyl sites for hydroxylation is 2. The van der Waals surface area contributed by atoms with Crippen LogP contribution in [0.5, 0.6) is 17.2 Å². The van der Waals surface area contributed by atoms with Gasteiger partial charge in [0.1, 0.15) is 23.7 Å². The molecule has 2 N–H and O–H groups in total. The third-order valence-electron chi connectivity index (χ3n) is 7.60. The standard InChI is InChI=1S/C34H30ClN3O4/c1-20-15-21(2)29(26(39)16-20)31-30-32(37-36-31)34(40)38(18-24-11-7-8-12-25(24)35)33(30)23-13-14-27(28(17-23)41-3)42-19-22-9-5-4-6-10-22/h4-17,33,39H,18-19H2,1-3H3,(H,36,37). The first-order valence-electron chi connectivity index (χ1n) is 13.6. The van der Waals surface area contributed by atoms with Crippen LogP contribution in [0.1, 0.15) is 49.9 Å². The second-order valence-corrected chi connectivity index (χ2v) is 10.9. The van der Waals surface area contributed by atoms with Crippen LogP contribution in [0.25, 0.3) is 11.3 Å². The zero-order valence-corrected chi connectivity index (χ0v) is 24.3. The summed E-state index contributed by atoms with van der Waals surface area (Å²) in [5.74, 6) is 1.04. The van der Waals surface area contributed by atoms with Gasteiger partial charge in [-0.25, -0.2) is 0 Å². The zero-order chi connectivity index (χ0) is 29.4. The van der Waals surface area contributed by atoms with Crippen molar-refractivity contribution in [1.82, 2.24) is 15.1 Å². The number of benzene rings is 4. The monoisotopic (exact) mass is 579 g/mol. The van der Waals surface area contributed by atoms with E-state index in [4.69, 9.17) is 21.1 Å². The van der Waals surface area contributed by atoms with Crippen molar-refractivity contribution in [1.29, 1.82) is 0 Å². The number of hydrogen-bond acceptors (Lipinski definition) is 5. The van der Waals surface area contributed by atoms with E-state index in [-0.39, 0.29) is 18.2 Å². The predicted octanol–water partition coefficient (Wildman–Crippen LogP) is 7.39. The van der Waals surface area contributed by atoms with Crippen LogP contribution in [0.2, 0.25) is 5.02 Å². The predicted molar refractivity (Wildman–Crippen MR) is 162 cm³/mol. The fraction of sp³-hybridized carbons (Fsp3) is 0.176. The van der Waals surface area contributed by atoms with Crippen LogP contribution in [-0.4, -0.2) is 33.2 Å². The number of nitrogens with one attached hydrogen (secondary N) is 1. The lowest BCUT2D eigenvalue weighted by molar-refractivity contribution is 0.0730. The molecule has 2 heterocycles. The van der Waals surface area contributed by atoms with Crippen molar-refractivity contribution < 1.29 is 19.4 Å². The molecule has 6 rings (SSSR count). The molecular formula is C34H30ClN3O4. The summed E-state index contributed by atoms with van der Waals surface area (Å²) in [6.07, 6.45) is 0. The number of H-pyrrole nitrogens is 1. The van der Waals surface area contributed by atoms with Crippen LogP contribution in [-0.2, 0) is 13.2 Å². The fourth-order valence-electron chi connectivity index (χ4n) is 5.67. The third kappa shape index (κ3) is 4.97. The van der Waals surface area contributed by atoms with Gasteiger partial charge in [0.15, 0.2) is 11.5 Å². The highest BCUT2D eigenvalue weighted by molar-refractivity contribution is 6.31. The lowest BCUT2D eigenvalue weighted by atomic mass is 9.93. The molecule has 1 aliphatic rings. The number of nitrogens with zero attached hydrogens (tertiary/aromatic N) is 2. The number of amides is 1. The summed E-state index contributed by atoms with van der Waals surface area (Å²) >= 11 is 6.54. The number of aromatic hydroxyl groups is 1. The minimum atomic E-state index is -0.533. The number of fused-ring (bicyclic) bond motifs is 1. The molecule has 8 heteroatoms. The Bertz CT molecular complexity index is 1760. The molecule has 1 amide bonds. The summed E-state index contributed by atoms with van der Waals surface area (Å²) < 4.78 is 11.9. The molecule has 0 radical (unpaired) electrons. The van der Waals surface area contributed by atoms with E-state index in [0.717, 1.165) is 27.8 Å². The van der Waals surface area contributed by atoms with Gasteiger partial charge in [-0.2, -0.15) is 5.10 Å². The van der Waals surface area contributed by atoms with Gasteiger partial charge >= 0.3 is 0 Å². The normalized spacial score (nSPS) is 14.2. The summed E-state index contributed by atoms with van der Waals surface area (Å²) in [6.45, 7) is 4.52. The molecule has 0 spiro atoms. The van der Waals surface area contributed by atoms with Crippen molar-refractivity contribution in [2.45, 2.75) is 33.0 Å². The summed E-state index contributed by atoms with van der Waals surface area (Å²) in [6, 6.07) is 26.3. The smallest absolute Gasteiger partial charge is 0.273 e.